The molecule has 0 aliphatic carbocycles. The standard InChI is InChI=1S/C26H30N2O5S/c1-5-33-22-14-12-21(13-15-22)20(3)27-26(29)18-28(24-8-6-7-9-25(24)32-4)34(30,31)23-16-10-19(2)11-17-23/h6-17,20H,5,18H2,1-4H3,(H,27,29)/t20-/m0/s1. The molecule has 3 aromatic carbocycles. The highest BCUT2D eigenvalue weighted by Gasteiger charge is 2.29. The lowest BCUT2D eigenvalue weighted by atomic mass is 10.1. The van der Waals surface area contributed by atoms with E-state index in [-0.39, 0.29) is 16.6 Å². The summed E-state index contributed by atoms with van der Waals surface area (Å²) in [6.07, 6.45) is 0. The maximum atomic E-state index is 13.6. The highest BCUT2D eigenvalue weighted by atomic mass is 32.2. The zero-order chi connectivity index (χ0) is 24.7. The summed E-state index contributed by atoms with van der Waals surface area (Å²) in [6.45, 7) is 5.80. The fourth-order valence-corrected chi connectivity index (χ4v) is 4.92. The largest absolute Gasteiger partial charge is 0.495 e. The summed E-state index contributed by atoms with van der Waals surface area (Å²) in [7, 11) is -2.57. The van der Waals surface area contributed by atoms with Gasteiger partial charge in [0.2, 0.25) is 5.91 Å². The Hall–Kier alpha value is -3.52. The van der Waals surface area contributed by atoms with E-state index < -0.39 is 22.5 Å². The van der Waals surface area contributed by atoms with Gasteiger partial charge in [-0.15, -0.1) is 0 Å². The molecular weight excluding hydrogens is 452 g/mol. The van der Waals surface area contributed by atoms with Crippen molar-refractivity contribution in [2.45, 2.75) is 31.7 Å². The van der Waals surface area contributed by atoms with Gasteiger partial charge in [-0.3, -0.25) is 9.10 Å². The van der Waals surface area contributed by atoms with E-state index in [1.807, 2.05) is 45.0 Å². The van der Waals surface area contributed by atoms with Crippen LogP contribution in [0, 0.1) is 6.92 Å². The van der Waals surface area contributed by atoms with Crippen LogP contribution in [0.2, 0.25) is 0 Å². The summed E-state index contributed by atoms with van der Waals surface area (Å²) >= 11 is 0. The van der Waals surface area contributed by atoms with Crippen LogP contribution < -0.4 is 19.1 Å². The number of amides is 1. The van der Waals surface area contributed by atoms with Crippen LogP contribution in [-0.2, 0) is 14.8 Å². The number of carbonyl (C=O) groups excluding carboxylic acids is 1. The Bertz CT molecular complexity index is 1210. The van der Waals surface area contributed by atoms with Gasteiger partial charge in [0.25, 0.3) is 10.0 Å². The van der Waals surface area contributed by atoms with Crippen molar-refractivity contribution in [2.24, 2.45) is 0 Å². The number of nitrogens with one attached hydrogen (secondary N) is 1. The molecule has 3 aromatic rings. The summed E-state index contributed by atoms with van der Waals surface area (Å²) in [5.41, 5.74) is 2.10. The number of para-hydroxylation sites is 2. The van der Waals surface area contributed by atoms with Crippen LogP contribution in [0.4, 0.5) is 5.69 Å². The van der Waals surface area contributed by atoms with Crippen molar-refractivity contribution in [3.63, 3.8) is 0 Å². The second-order valence-electron chi connectivity index (χ2n) is 7.79. The van der Waals surface area contributed by atoms with Gasteiger partial charge >= 0.3 is 0 Å². The normalized spacial score (nSPS) is 12.0. The zero-order valence-corrected chi connectivity index (χ0v) is 20.6. The fraction of sp³-hybridized carbons (Fsp3) is 0.269. The number of sulfonamides is 1. The number of ether oxygens (including phenoxy) is 2. The lowest BCUT2D eigenvalue weighted by Crippen LogP contribution is -2.41. The number of carbonyl (C=O) groups is 1. The molecule has 0 saturated heterocycles. The molecule has 3 rings (SSSR count). The SMILES string of the molecule is CCOc1ccc([C@H](C)NC(=O)CN(c2ccccc2OC)S(=O)(=O)c2ccc(C)cc2)cc1. The third kappa shape index (κ3) is 5.88. The van der Waals surface area contributed by atoms with Gasteiger partial charge in [0.1, 0.15) is 18.0 Å². The zero-order valence-electron chi connectivity index (χ0n) is 19.8. The molecule has 8 heteroatoms. The third-order valence-corrected chi connectivity index (χ3v) is 7.09. The van der Waals surface area contributed by atoms with E-state index in [1.54, 1.807) is 36.4 Å². The minimum atomic E-state index is -4.03. The van der Waals surface area contributed by atoms with Crippen LogP contribution in [0.25, 0.3) is 0 Å². The molecule has 0 aromatic heterocycles. The first-order valence-corrected chi connectivity index (χ1v) is 12.4. The van der Waals surface area contributed by atoms with Crippen LogP contribution >= 0.6 is 0 Å². The quantitative estimate of drug-likeness (QED) is 0.461. The highest BCUT2D eigenvalue weighted by molar-refractivity contribution is 7.92. The summed E-state index contributed by atoms with van der Waals surface area (Å²) in [6, 6.07) is 20.3. The highest BCUT2D eigenvalue weighted by Crippen LogP contribution is 2.32. The van der Waals surface area contributed by atoms with Gasteiger partial charge in [-0.2, -0.15) is 0 Å². The molecule has 0 spiro atoms. The van der Waals surface area contributed by atoms with Crippen molar-refractivity contribution < 1.29 is 22.7 Å². The minimum absolute atomic E-state index is 0.0939. The summed E-state index contributed by atoms with van der Waals surface area (Å²) < 4.78 is 39.1. The van der Waals surface area contributed by atoms with Crippen LogP contribution in [0.1, 0.15) is 31.0 Å². The first-order valence-electron chi connectivity index (χ1n) is 11.0. The first kappa shape index (κ1) is 25.1. The lowest BCUT2D eigenvalue weighted by Gasteiger charge is -2.26. The second-order valence-corrected chi connectivity index (χ2v) is 9.65. The molecular formula is C26H30N2O5S. The average molecular weight is 483 g/mol. The van der Waals surface area contributed by atoms with Gasteiger partial charge in [0, 0.05) is 0 Å². The number of nitrogens with zero attached hydrogens (tertiary/aromatic N) is 1. The minimum Gasteiger partial charge on any atom is -0.495 e. The van der Waals surface area contributed by atoms with Crippen LogP contribution in [0.15, 0.2) is 77.7 Å². The molecule has 0 bridgehead atoms. The summed E-state index contributed by atoms with van der Waals surface area (Å²) in [4.78, 5) is 13.1. The molecule has 0 aliphatic rings. The fourth-order valence-electron chi connectivity index (χ4n) is 3.49. The average Bonchev–Trinajstić information content (AvgIpc) is 2.83. The second kappa shape index (κ2) is 11.1. The van der Waals surface area contributed by atoms with E-state index in [4.69, 9.17) is 9.47 Å². The molecule has 7 nitrogen and oxygen atoms in total. The smallest absolute Gasteiger partial charge is 0.264 e. The molecule has 0 unspecified atom stereocenters. The first-order chi connectivity index (χ1) is 16.3. The maximum absolute atomic E-state index is 13.6. The van der Waals surface area contributed by atoms with E-state index in [9.17, 15) is 13.2 Å². The molecule has 1 N–H and O–H groups in total. The number of hydrogen-bond donors (Lipinski definition) is 1. The summed E-state index contributed by atoms with van der Waals surface area (Å²) in [5.74, 6) is 0.657. The van der Waals surface area contributed by atoms with Gasteiger partial charge in [-0.25, -0.2) is 8.42 Å². The lowest BCUT2D eigenvalue weighted by molar-refractivity contribution is -0.120. The molecule has 1 atom stereocenters. The van der Waals surface area contributed by atoms with Crippen LogP contribution in [0.3, 0.4) is 0 Å². The number of anilines is 1. The van der Waals surface area contributed by atoms with E-state index in [2.05, 4.69) is 5.32 Å². The Balaban J connectivity index is 1.88. The van der Waals surface area contributed by atoms with Gasteiger partial charge in [-0.1, -0.05) is 42.0 Å². The number of hydrogen-bond acceptors (Lipinski definition) is 5. The molecule has 1 amide bonds. The predicted octanol–water partition coefficient (Wildman–Crippen LogP) is 4.48. The van der Waals surface area contributed by atoms with Crippen molar-refractivity contribution in [2.75, 3.05) is 24.6 Å². The molecule has 0 saturated carbocycles. The van der Waals surface area contributed by atoms with Gasteiger partial charge in [0.05, 0.1) is 30.3 Å². The van der Waals surface area contributed by atoms with E-state index in [0.29, 0.717) is 12.4 Å². The van der Waals surface area contributed by atoms with Gasteiger partial charge < -0.3 is 14.8 Å². The molecule has 0 aliphatic heterocycles. The van der Waals surface area contributed by atoms with Crippen molar-refractivity contribution in [1.82, 2.24) is 5.32 Å². The topological polar surface area (TPSA) is 84.9 Å². The monoisotopic (exact) mass is 482 g/mol. The molecule has 34 heavy (non-hydrogen) atoms. The number of benzene rings is 3. The van der Waals surface area contributed by atoms with E-state index >= 15 is 0 Å². The molecule has 0 heterocycles. The van der Waals surface area contributed by atoms with Gasteiger partial charge in [-0.05, 0) is 62.7 Å². The Labute approximate surface area is 201 Å². The van der Waals surface area contributed by atoms with Gasteiger partial charge in [0.15, 0.2) is 0 Å². The molecule has 0 fully saturated rings. The van der Waals surface area contributed by atoms with Crippen molar-refractivity contribution in [3.05, 3.63) is 83.9 Å². The van der Waals surface area contributed by atoms with E-state index in [0.717, 1.165) is 21.2 Å². The van der Waals surface area contributed by atoms with Crippen molar-refractivity contribution >= 4 is 21.6 Å². The predicted molar refractivity (Wildman–Crippen MR) is 133 cm³/mol. The summed E-state index contributed by atoms with van der Waals surface area (Å²) in [5, 5.41) is 2.89. The Kier molecular flexibility index (Phi) is 8.17. The third-order valence-electron chi connectivity index (χ3n) is 5.32. The Morgan fingerprint density at radius 3 is 2.26 bits per heavy atom. The number of aryl methyl sites for hydroxylation is 1. The number of methoxy groups -OCH3 is 1. The molecule has 0 radical (unpaired) electrons. The Morgan fingerprint density at radius 1 is 1.00 bits per heavy atom. The van der Waals surface area contributed by atoms with Crippen molar-refractivity contribution in [1.29, 1.82) is 0 Å². The maximum Gasteiger partial charge on any atom is 0.264 e. The Morgan fingerprint density at radius 2 is 1.65 bits per heavy atom. The van der Waals surface area contributed by atoms with E-state index in [1.165, 1.54) is 19.2 Å². The molecule has 180 valence electrons. The number of rotatable bonds is 10. The van der Waals surface area contributed by atoms with Crippen LogP contribution in [-0.4, -0.2) is 34.6 Å². The van der Waals surface area contributed by atoms with Crippen molar-refractivity contribution in [3.8, 4) is 11.5 Å². The van der Waals surface area contributed by atoms with Crippen LogP contribution in [0.5, 0.6) is 11.5 Å².